The third-order valence-corrected chi connectivity index (χ3v) is 3.36. The molecule has 0 unspecified atom stereocenters. The molecule has 1 heterocycles. The van der Waals surface area contributed by atoms with Gasteiger partial charge in [0, 0.05) is 0 Å². The quantitative estimate of drug-likeness (QED) is 0.822. The van der Waals surface area contributed by atoms with Crippen LogP contribution in [0.4, 0.5) is 5.13 Å². The van der Waals surface area contributed by atoms with Gasteiger partial charge in [-0.1, -0.05) is 11.3 Å². The number of hydrogen-bond acceptors (Lipinski definition) is 5. The summed E-state index contributed by atoms with van der Waals surface area (Å²) in [6.07, 6.45) is 2.23. The molecule has 2 rings (SSSR count). The topological polar surface area (TPSA) is 78.7 Å². The van der Waals surface area contributed by atoms with Crippen LogP contribution in [0, 0.1) is 23.7 Å². The summed E-state index contributed by atoms with van der Waals surface area (Å²) in [6, 6.07) is 2.09. The fraction of sp³-hybridized carbons (Fsp3) is 0.556. The first kappa shape index (κ1) is 10.1. The molecule has 78 valence electrons. The molecule has 1 aromatic heterocycles. The summed E-state index contributed by atoms with van der Waals surface area (Å²) in [5.41, 5.74) is -0.820. The third-order valence-electron chi connectivity index (χ3n) is 2.60. The highest BCUT2D eigenvalue weighted by Gasteiger charge is 2.44. The van der Waals surface area contributed by atoms with E-state index in [1.807, 2.05) is 6.92 Å². The van der Waals surface area contributed by atoms with E-state index in [0.29, 0.717) is 18.0 Å². The molecule has 0 aliphatic heterocycles. The second kappa shape index (κ2) is 3.59. The summed E-state index contributed by atoms with van der Waals surface area (Å²) in [6.45, 7) is 1.82. The molecule has 1 saturated carbocycles. The van der Waals surface area contributed by atoms with E-state index in [9.17, 15) is 4.79 Å². The lowest BCUT2D eigenvalue weighted by molar-refractivity contribution is -0.126. The maximum absolute atomic E-state index is 11.8. The molecule has 0 bridgehead atoms. The lowest BCUT2D eigenvalue weighted by Gasteiger charge is -2.32. The molecule has 0 atom stereocenters. The largest absolute Gasteiger partial charge is 0.299 e. The van der Waals surface area contributed by atoms with Gasteiger partial charge in [0.1, 0.15) is 10.4 Å². The Morgan fingerprint density at radius 3 is 2.73 bits per heavy atom. The van der Waals surface area contributed by atoms with Crippen LogP contribution >= 0.6 is 11.3 Å². The Balaban J connectivity index is 2.07. The minimum atomic E-state index is -0.820. The van der Waals surface area contributed by atoms with Gasteiger partial charge in [0.2, 0.25) is 11.0 Å². The zero-order valence-corrected chi connectivity index (χ0v) is 9.10. The van der Waals surface area contributed by atoms with Gasteiger partial charge in [0.05, 0.1) is 6.07 Å². The monoisotopic (exact) mass is 222 g/mol. The van der Waals surface area contributed by atoms with Crippen molar-refractivity contribution in [2.75, 3.05) is 5.32 Å². The minimum absolute atomic E-state index is 0.243. The number of amides is 1. The molecule has 1 N–H and O–H groups in total. The summed E-state index contributed by atoms with van der Waals surface area (Å²) in [7, 11) is 0. The molecule has 0 spiro atoms. The van der Waals surface area contributed by atoms with E-state index < -0.39 is 5.41 Å². The summed E-state index contributed by atoms with van der Waals surface area (Å²) >= 11 is 1.31. The van der Waals surface area contributed by atoms with E-state index >= 15 is 0 Å². The Kier molecular flexibility index (Phi) is 2.40. The number of aryl methyl sites for hydroxylation is 1. The Hall–Kier alpha value is -1.48. The Morgan fingerprint density at radius 1 is 1.60 bits per heavy atom. The number of aromatic nitrogens is 2. The summed E-state index contributed by atoms with van der Waals surface area (Å²) < 4.78 is 0. The number of anilines is 1. The van der Waals surface area contributed by atoms with Gasteiger partial charge >= 0.3 is 0 Å². The molecule has 6 heteroatoms. The lowest BCUT2D eigenvalue weighted by Crippen LogP contribution is -2.40. The first-order valence-electron chi connectivity index (χ1n) is 4.69. The molecule has 15 heavy (non-hydrogen) atoms. The van der Waals surface area contributed by atoms with Crippen molar-refractivity contribution >= 4 is 22.4 Å². The fourth-order valence-corrected chi connectivity index (χ4v) is 2.07. The van der Waals surface area contributed by atoms with Gasteiger partial charge in [-0.3, -0.25) is 10.1 Å². The van der Waals surface area contributed by atoms with Crippen molar-refractivity contribution in [3.05, 3.63) is 5.01 Å². The Labute approximate surface area is 91.1 Å². The van der Waals surface area contributed by atoms with Crippen LogP contribution in [-0.4, -0.2) is 16.1 Å². The van der Waals surface area contributed by atoms with Crippen molar-refractivity contribution < 1.29 is 4.79 Å². The smallest absolute Gasteiger partial charge is 0.246 e. The molecule has 0 radical (unpaired) electrons. The van der Waals surface area contributed by atoms with Gasteiger partial charge in [-0.25, -0.2) is 0 Å². The van der Waals surface area contributed by atoms with Gasteiger partial charge in [-0.2, -0.15) is 5.26 Å². The van der Waals surface area contributed by atoms with Crippen molar-refractivity contribution in [3.8, 4) is 6.07 Å². The highest BCUT2D eigenvalue weighted by atomic mass is 32.1. The standard InChI is InChI=1S/C9H10N4OS/c1-6-12-13-8(15-6)11-7(14)9(5-10)3-2-4-9/h2-4H2,1H3,(H,11,13,14). The predicted octanol–water partition coefficient (Wildman–Crippen LogP) is 1.48. The molecule has 1 aromatic rings. The fourth-order valence-electron chi connectivity index (χ4n) is 1.48. The second-order valence-electron chi connectivity index (χ2n) is 3.63. The van der Waals surface area contributed by atoms with Crippen molar-refractivity contribution in [1.29, 1.82) is 5.26 Å². The number of nitriles is 1. The molecular formula is C9H10N4OS. The summed E-state index contributed by atoms with van der Waals surface area (Å²) in [5.74, 6) is -0.243. The Morgan fingerprint density at radius 2 is 2.33 bits per heavy atom. The average Bonchev–Trinajstić information content (AvgIpc) is 2.50. The van der Waals surface area contributed by atoms with Gasteiger partial charge in [0.25, 0.3) is 0 Å². The first-order chi connectivity index (χ1) is 7.16. The molecule has 1 aliphatic carbocycles. The van der Waals surface area contributed by atoms with Gasteiger partial charge in [-0.05, 0) is 26.2 Å². The third kappa shape index (κ3) is 1.70. The lowest BCUT2D eigenvalue weighted by atomic mass is 9.69. The molecule has 0 aromatic carbocycles. The highest BCUT2D eigenvalue weighted by molar-refractivity contribution is 7.15. The van der Waals surface area contributed by atoms with E-state index in [-0.39, 0.29) is 5.91 Å². The van der Waals surface area contributed by atoms with Gasteiger partial charge < -0.3 is 0 Å². The Bertz CT molecular complexity index is 430. The van der Waals surface area contributed by atoms with Crippen LogP contribution in [0.15, 0.2) is 0 Å². The molecule has 1 fully saturated rings. The number of hydrogen-bond donors (Lipinski definition) is 1. The molecule has 0 saturated heterocycles. The number of carbonyl (C=O) groups excluding carboxylic acids is 1. The highest BCUT2D eigenvalue weighted by Crippen LogP contribution is 2.41. The van der Waals surface area contributed by atoms with Gasteiger partial charge in [-0.15, -0.1) is 10.2 Å². The van der Waals surface area contributed by atoms with Crippen LogP contribution in [-0.2, 0) is 4.79 Å². The summed E-state index contributed by atoms with van der Waals surface area (Å²) in [5, 5.41) is 20.4. The van der Waals surface area contributed by atoms with Crippen LogP contribution in [0.25, 0.3) is 0 Å². The average molecular weight is 222 g/mol. The molecule has 1 aliphatic rings. The van der Waals surface area contributed by atoms with Crippen LogP contribution in [0.3, 0.4) is 0 Å². The number of rotatable bonds is 2. The molecule has 5 nitrogen and oxygen atoms in total. The number of carbonyl (C=O) groups is 1. The van der Waals surface area contributed by atoms with Crippen molar-refractivity contribution in [2.24, 2.45) is 5.41 Å². The second-order valence-corrected chi connectivity index (χ2v) is 4.81. The minimum Gasteiger partial charge on any atom is -0.299 e. The van der Waals surface area contributed by atoms with Crippen LogP contribution in [0.1, 0.15) is 24.3 Å². The zero-order valence-electron chi connectivity index (χ0n) is 8.28. The maximum atomic E-state index is 11.8. The predicted molar refractivity (Wildman–Crippen MR) is 55.2 cm³/mol. The van der Waals surface area contributed by atoms with Crippen LogP contribution in [0.2, 0.25) is 0 Å². The SMILES string of the molecule is Cc1nnc(NC(=O)C2(C#N)CCC2)s1. The van der Waals surface area contributed by atoms with Crippen molar-refractivity contribution in [3.63, 3.8) is 0 Å². The van der Waals surface area contributed by atoms with Crippen molar-refractivity contribution in [2.45, 2.75) is 26.2 Å². The zero-order chi connectivity index (χ0) is 10.9. The van der Waals surface area contributed by atoms with E-state index in [1.165, 1.54) is 11.3 Å². The maximum Gasteiger partial charge on any atom is 0.246 e. The van der Waals surface area contributed by atoms with E-state index in [1.54, 1.807) is 0 Å². The normalized spacial score (nSPS) is 17.6. The van der Waals surface area contributed by atoms with E-state index in [0.717, 1.165) is 11.4 Å². The number of nitrogens with zero attached hydrogens (tertiary/aromatic N) is 3. The van der Waals surface area contributed by atoms with E-state index in [2.05, 4.69) is 21.6 Å². The van der Waals surface area contributed by atoms with Crippen LogP contribution < -0.4 is 5.32 Å². The molecular weight excluding hydrogens is 212 g/mol. The van der Waals surface area contributed by atoms with Gasteiger partial charge in [0.15, 0.2) is 0 Å². The van der Waals surface area contributed by atoms with E-state index in [4.69, 9.17) is 5.26 Å². The first-order valence-corrected chi connectivity index (χ1v) is 5.51. The van der Waals surface area contributed by atoms with Crippen molar-refractivity contribution in [1.82, 2.24) is 10.2 Å². The number of nitrogens with one attached hydrogen (secondary N) is 1. The molecule has 1 amide bonds. The van der Waals surface area contributed by atoms with Crippen LogP contribution in [0.5, 0.6) is 0 Å². The summed E-state index contributed by atoms with van der Waals surface area (Å²) in [4.78, 5) is 11.8.